The number of anilines is 1. The number of pyridine rings is 1. The first kappa shape index (κ1) is 34.5. The Bertz CT molecular complexity index is 1740. The van der Waals surface area contributed by atoms with Crippen LogP contribution in [-0.4, -0.2) is 56.9 Å². The molecule has 1 fully saturated rings. The van der Waals surface area contributed by atoms with Gasteiger partial charge in [0.1, 0.15) is 5.82 Å². The Kier molecular flexibility index (Phi) is 11.6. The van der Waals surface area contributed by atoms with E-state index in [1.54, 1.807) is 73.9 Å². The molecule has 2 N–H and O–H groups in total. The maximum atomic E-state index is 15.4. The molecule has 1 saturated carbocycles. The van der Waals surface area contributed by atoms with Crippen LogP contribution in [0.25, 0.3) is 0 Å². The van der Waals surface area contributed by atoms with Crippen LogP contribution in [0.3, 0.4) is 0 Å². The van der Waals surface area contributed by atoms with Gasteiger partial charge in [0.05, 0.1) is 12.0 Å². The highest BCUT2D eigenvalue weighted by Gasteiger charge is 2.29. The minimum atomic E-state index is -3.78. The molecule has 0 saturated heterocycles. The number of halogens is 2. The molecule has 1 aliphatic rings. The number of methoxy groups -OCH3 is 1. The Morgan fingerprint density at radius 3 is 2.40 bits per heavy atom. The minimum absolute atomic E-state index is 0.0668. The third kappa shape index (κ3) is 9.16. The highest BCUT2D eigenvalue weighted by atomic mass is 35.5. The molecule has 0 spiro atoms. The minimum Gasteiger partial charge on any atom is -0.481 e. The van der Waals surface area contributed by atoms with Gasteiger partial charge in [-0.25, -0.2) is 17.8 Å². The van der Waals surface area contributed by atoms with Crippen LogP contribution in [0.1, 0.15) is 48.3 Å². The number of benzene rings is 3. The quantitative estimate of drug-likeness (QED) is 0.137. The predicted octanol–water partition coefficient (Wildman–Crippen LogP) is 6.66. The number of aromatic nitrogens is 1. The van der Waals surface area contributed by atoms with Gasteiger partial charge >= 0.3 is 0 Å². The van der Waals surface area contributed by atoms with Crippen LogP contribution < -0.4 is 15.4 Å². The smallest absolute Gasteiger partial charge is 0.243 e. The molecule has 1 amide bonds. The second-order valence-electron chi connectivity index (χ2n) is 11.9. The fourth-order valence-electron chi connectivity index (χ4n) is 5.61. The molecule has 248 valence electrons. The molecular formula is C36H40ClFN4O4S. The number of nitrogens with one attached hydrogen (secondary N) is 2. The zero-order valence-electron chi connectivity index (χ0n) is 26.5. The molecule has 1 aromatic heterocycles. The van der Waals surface area contributed by atoms with E-state index in [1.807, 2.05) is 18.2 Å². The maximum Gasteiger partial charge on any atom is 0.243 e. The summed E-state index contributed by atoms with van der Waals surface area (Å²) in [5.41, 5.74) is 2.37. The van der Waals surface area contributed by atoms with Crippen molar-refractivity contribution in [2.45, 2.75) is 49.0 Å². The molecule has 47 heavy (non-hydrogen) atoms. The largest absolute Gasteiger partial charge is 0.481 e. The molecule has 1 heterocycles. The van der Waals surface area contributed by atoms with E-state index in [9.17, 15) is 13.2 Å². The van der Waals surface area contributed by atoms with Crippen molar-refractivity contribution in [3.8, 4) is 5.88 Å². The number of hydrogen-bond acceptors (Lipinski definition) is 6. The predicted molar refractivity (Wildman–Crippen MR) is 183 cm³/mol. The molecule has 0 radical (unpaired) electrons. The average molecular weight is 679 g/mol. The van der Waals surface area contributed by atoms with Crippen LogP contribution in [0.5, 0.6) is 5.88 Å². The van der Waals surface area contributed by atoms with Crippen molar-refractivity contribution in [2.24, 2.45) is 5.92 Å². The first-order chi connectivity index (χ1) is 22.7. The lowest BCUT2D eigenvalue weighted by atomic mass is 9.89. The highest BCUT2D eigenvalue weighted by molar-refractivity contribution is 7.89. The first-order valence-electron chi connectivity index (χ1n) is 15.7. The molecule has 2 atom stereocenters. The molecule has 0 aliphatic heterocycles. The molecule has 0 bridgehead atoms. The summed E-state index contributed by atoms with van der Waals surface area (Å²) in [7, 11) is -0.674. The lowest BCUT2D eigenvalue weighted by molar-refractivity contribution is -0.116. The van der Waals surface area contributed by atoms with Crippen LogP contribution in [0.15, 0.2) is 96.0 Å². The van der Waals surface area contributed by atoms with Crippen molar-refractivity contribution >= 4 is 33.2 Å². The van der Waals surface area contributed by atoms with Gasteiger partial charge in [0.2, 0.25) is 21.8 Å². The van der Waals surface area contributed by atoms with Crippen molar-refractivity contribution in [2.75, 3.05) is 32.6 Å². The number of hydrogen-bond donors (Lipinski definition) is 2. The number of rotatable bonds is 16. The van der Waals surface area contributed by atoms with E-state index in [-0.39, 0.29) is 29.6 Å². The zero-order valence-corrected chi connectivity index (χ0v) is 28.1. The van der Waals surface area contributed by atoms with E-state index in [0.29, 0.717) is 41.0 Å². The molecule has 3 aromatic carbocycles. The van der Waals surface area contributed by atoms with Crippen LogP contribution in [0.4, 0.5) is 10.1 Å². The van der Waals surface area contributed by atoms with Crippen molar-refractivity contribution in [3.63, 3.8) is 0 Å². The van der Waals surface area contributed by atoms with Crippen LogP contribution in [0.2, 0.25) is 5.02 Å². The number of carbonyl (C=O) groups excluding carboxylic acids is 1. The molecule has 1 aliphatic carbocycles. The van der Waals surface area contributed by atoms with E-state index in [1.165, 1.54) is 30.3 Å². The zero-order chi connectivity index (χ0) is 33.4. The van der Waals surface area contributed by atoms with Crippen LogP contribution in [0, 0.1) is 11.7 Å². The van der Waals surface area contributed by atoms with Gasteiger partial charge in [-0.05, 0) is 85.7 Å². The molecule has 5 rings (SSSR count). The summed E-state index contributed by atoms with van der Waals surface area (Å²) >= 11 is 6.14. The lowest BCUT2D eigenvalue weighted by Gasteiger charge is -2.28. The van der Waals surface area contributed by atoms with Gasteiger partial charge in [-0.2, -0.15) is 4.31 Å². The Balaban J connectivity index is 1.33. The molecular weight excluding hydrogens is 639 g/mol. The fraction of sp³-hybridized carbons (Fsp3) is 0.333. The molecule has 2 unspecified atom stereocenters. The average Bonchev–Trinajstić information content (AvgIpc) is 3.91. The molecule has 4 aromatic rings. The van der Waals surface area contributed by atoms with Gasteiger partial charge in [0.15, 0.2) is 0 Å². The number of likely N-dealkylation sites (N-methyl/N-ethyl adjacent to an activating group) is 1. The standard InChI is InChI=1S/C36H40ClFN4O4S/c1-42(47(44,45)30-7-4-3-5-8-30)29(24-39-22-25-11-12-25)18-19-31-33(38)9-6-10-34(31)41-35(43)21-32(26-13-16-28(37)17-14-26)27-15-20-36(46-2)40-23-27/h3-10,13-17,20,23,25,29,32,39H,11-12,18-19,21-22,24H2,1-2H3,(H,41,43). The van der Waals surface area contributed by atoms with Gasteiger partial charge in [0, 0.05) is 60.5 Å². The van der Waals surface area contributed by atoms with E-state index in [0.717, 1.165) is 17.7 Å². The Morgan fingerprint density at radius 2 is 1.74 bits per heavy atom. The molecule has 8 nitrogen and oxygen atoms in total. The number of sulfonamides is 1. The third-order valence-corrected chi connectivity index (χ3v) is 10.8. The monoisotopic (exact) mass is 678 g/mol. The van der Waals surface area contributed by atoms with E-state index >= 15 is 4.39 Å². The SMILES string of the molecule is COc1ccc(C(CC(=O)Nc2cccc(F)c2CCC(CNCC2CC2)N(C)S(=O)(=O)c2ccccc2)c2ccc(Cl)cc2)cn1. The van der Waals surface area contributed by atoms with Gasteiger partial charge in [-0.15, -0.1) is 0 Å². The summed E-state index contributed by atoms with van der Waals surface area (Å²) in [6, 6.07) is 23.3. The first-order valence-corrected chi connectivity index (χ1v) is 17.5. The van der Waals surface area contributed by atoms with Gasteiger partial charge in [-0.3, -0.25) is 4.79 Å². The summed E-state index contributed by atoms with van der Waals surface area (Å²) in [6.07, 6.45) is 4.64. The van der Waals surface area contributed by atoms with E-state index in [4.69, 9.17) is 16.3 Å². The lowest BCUT2D eigenvalue weighted by Crippen LogP contribution is -2.44. The normalized spacial score (nSPS) is 14.5. The third-order valence-electron chi connectivity index (χ3n) is 8.60. The summed E-state index contributed by atoms with van der Waals surface area (Å²) < 4.78 is 49.0. The fourth-order valence-corrected chi connectivity index (χ4v) is 7.14. The molecule has 11 heteroatoms. The Morgan fingerprint density at radius 1 is 1.02 bits per heavy atom. The van der Waals surface area contributed by atoms with Crippen molar-refractivity contribution in [1.29, 1.82) is 0 Å². The summed E-state index contributed by atoms with van der Waals surface area (Å²) in [4.78, 5) is 18.1. The van der Waals surface area contributed by atoms with Crippen molar-refractivity contribution < 1.29 is 22.3 Å². The van der Waals surface area contributed by atoms with E-state index in [2.05, 4.69) is 15.6 Å². The maximum absolute atomic E-state index is 15.4. The second kappa shape index (κ2) is 15.8. The Labute approximate surface area is 281 Å². The summed E-state index contributed by atoms with van der Waals surface area (Å²) in [6.45, 7) is 1.24. The second-order valence-corrected chi connectivity index (χ2v) is 14.3. The number of carbonyl (C=O) groups is 1. The number of amides is 1. The van der Waals surface area contributed by atoms with Gasteiger partial charge in [0.25, 0.3) is 0 Å². The Hall–Kier alpha value is -3.83. The van der Waals surface area contributed by atoms with Crippen molar-refractivity contribution in [1.82, 2.24) is 14.6 Å². The summed E-state index contributed by atoms with van der Waals surface area (Å²) in [5, 5.41) is 6.94. The number of nitrogens with zero attached hydrogens (tertiary/aromatic N) is 2. The number of ether oxygens (including phenoxy) is 1. The van der Waals surface area contributed by atoms with Crippen LogP contribution >= 0.6 is 11.6 Å². The topological polar surface area (TPSA) is 101 Å². The highest BCUT2D eigenvalue weighted by Crippen LogP contribution is 2.31. The summed E-state index contributed by atoms with van der Waals surface area (Å²) in [5.74, 6) is -0.0404. The van der Waals surface area contributed by atoms with E-state index < -0.39 is 21.9 Å². The van der Waals surface area contributed by atoms with Gasteiger partial charge < -0.3 is 15.4 Å². The van der Waals surface area contributed by atoms with Crippen LogP contribution in [-0.2, 0) is 21.2 Å². The van der Waals surface area contributed by atoms with Crippen molar-refractivity contribution in [3.05, 3.63) is 119 Å². The van der Waals surface area contributed by atoms with Gasteiger partial charge in [-0.1, -0.05) is 54.1 Å².